The molecule has 0 bridgehead atoms. The van der Waals surface area contributed by atoms with Crippen LogP contribution >= 0.6 is 35.3 Å². The van der Waals surface area contributed by atoms with E-state index in [2.05, 4.69) is 32.4 Å². The standard InChI is InChI=1S/C23H34FN5OS.HI/c1-4-22-27-20(17-31-22)16-29-11-9-18(10-12-29)15-26-23(25-2)28(3)13-14-30-21-7-5-19(24)6-8-21;/h5-8,17-18H,4,9-16H2,1-3H3,(H,25,26);1H. The lowest BCUT2D eigenvalue weighted by Crippen LogP contribution is -2.44. The van der Waals surface area contributed by atoms with Gasteiger partial charge in [-0.2, -0.15) is 0 Å². The Kier molecular flexibility index (Phi) is 11.7. The molecule has 1 aliphatic rings. The van der Waals surface area contributed by atoms with E-state index in [-0.39, 0.29) is 29.8 Å². The molecule has 0 atom stereocenters. The quantitative estimate of drug-likeness (QED) is 0.275. The van der Waals surface area contributed by atoms with E-state index >= 15 is 0 Å². The van der Waals surface area contributed by atoms with Gasteiger partial charge in [0.15, 0.2) is 5.96 Å². The normalized spacial score (nSPS) is 15.3. The van der Waals surface area contributed by atoms with Crippen LogP contribution in [0.1, 0.15) is 30.5 Å². The van der Waals surface area contributed by atoms with Crippen LogP contribution in [0.2, 0.25) is 0 Å². The number of aryl methyl sites for hydroxylation is 1. The van der Waals surface area contributed by atoms with Gasteiger partial charge in [-0.3, -0.25) is 9.89 Å². The van der Waals surface area contributed by atoms with Crippen molar-refractivity contribution in [2.45, 2.75) is 32.7 Å². The topological polar surface area (TPSA) is 53.0 Å². The van der Waals surface area contributed by atoms with Crippen LogP contribution in [0, 0.1) is 11.7 Å². The second-order valence-corrected chi connectivity index (χ2v) is 8.90. The number of nitrogens with one attached hydrogen (secondary N) is 1. The fourth-order valence-corrected chi connectivity index (χ4v) is 4.46. The van der Waals surface area contributed by atoms with Gasteiger partial charge in [0.05, 0.1) is 17.2 Å². The lowest BCUT2D eigenvalue weighted by Gasteiger charge is -2.32. The van der Waals surface area contributed by atoms with Gasteiger partial charge >= 0.3 is 0 Å². The molecule has 0 spiro atoms. The molecule has 1 aromatic heterocycles. The van der Waals surface area contributed by atoms with Crippen molar-refractivity contribution in [1.82, 2.24) is 20.1 Å². The third kappa shape index (κ3) is 8.47. The van der Waals surface area contributed by atoms with Gasteiger partial charge in [0, 0.05) is 32.6 Å². The van der Waals surface area contributed by atoms with Crippen molar-refractivity contribution in [3.63, 3.8) is 0 Å². The number of hydrogen-bond acceptors (Lipinski definition) is 5. The number of guanidine groups is 1. The molecule has 6 nitrogen and oxygen atoms in total. The van der Waals surface area contributed by atoms with Crippen molar-refractivity contribution in [2.24, 2.45) is 10.9 Å². The molecule has 0 unspecified atom stereocenters. The number of likely N-dealkylation sites (N-methyl/N-ethyl adjacent to an activating group) is 1. The number of aromatic nitrogens is 1. The Bertz CT molecular complexity index is 824. The molecular weight excluding hydrogens is 540 g/mol. The van der Waals surface area contributed by atoms with Gasteiger partial charge in [-0.25, -0.2) is 9.37 Å². The third-order valence-corrected chi connectivity index (χ3v) is 6.67. The van der Waals surface area contributed by atoms with Crippen molar-refractivity contribution in [2.75, 3.05) is 46.9 Å². The molecule has 0 amide bonds. The summed E-state index contributed by atoms with van der Waals surface area (Å²) < 4.78 is 18.7. The highest BCUT2D eigenvalue weighted by Crippen LogP contribution is 2.19. The summed E-state index contributed by atoms with van der Waals surface area (Å²) >= 11 is 1.77. The van der Waals surface area contributed by atoms with Gasteiger partial charge in [0.1, 0.15) is 18.2 Å². The molecular formula is C23H35FIN5OS. The molecule has 32 heavy (non-hydrogen) atoms. The smallest absolute Gasteiger partial charge is 0.193 e. The molecule has 2 heterocycles. The van der Waals surface area contributed by atoms with Crippen LogP contribution in [0.15, 0.2) is 34.6 Å². The molecule has 1 saturated heterocycles. The number of likely N-dealkylation sites (tertiary alicyclic amines) is 1. The van der Waals surface area contributed by atoms with E-state index in [1.807, 2.05) is 7.05 Å². The zero-order chi connectivity index (χ0) is 22.1. The summed E-state index contributed by atoms with van der Waals surface area (Å²) in [5.41, 5.74) is 1.21. The number of halogens is 2. The van der Waals surface area contributed by atoms with E-state index in [4.69, 9.17) is 9.72 Å². The number of nitrogens with zero attached hydrogens (tertiary/aromatic N) is 4. The maximum absolute atomic E-state index is 13.0. The van der Waals surface area contributed by atoms with Crippen molar-refractivity contribution in [3.8, 4) is 5.75 Å². The summed E-state index contributed by atoms with van der Waals surface area (Å²) in [7, 11) is 3.81. The number of benzene rings is 1. The summed E-state index contributed by atoms with van der Waals surface area (Å²) in [5.74, 6) is 1.94. The van der Waals surface area contributed by atoms with Crippen LogP contribution in [0.4, 0.5) is 4.39 Å². The second kappa shape index (κ2) is 13.9. The van der Waals surface area contributed by atoms with E-state index in [1.54, 1.807) is 30.5 Å². The first-order chi connectivity index (χ1) is 15.1. The van der Waals surface area contributed by atoms with Crippen molar-refractivity contribution < 1.29 is 9.13 Å². The summed E-state index contributed by atoms with van der Waals surface area (Å²) in [5, 5.41) is 6.94. The van der Waals surface area contributed by atoms with E-state index in [1.165, 1.54) is 35.7 Å². The summed E-state index contributed by atoms with van der Waals surface area (Å²) in [6, 6.07) is 6.10. The monoisotopic (exact) mass is 575 g/mol. The van der Waals surface area contributed by atoms with Gasteiger partial charge < -0.3 is 15.0 Å². The highest BCUT2D eigenvalue weighted by Gasteiger charge is 2.20. The van der Waals surface area contributed by atoms with Crippen molar-refractivity contribution in [1.29, 1.82) is 0 Å². The molecule has 1 fully saturated rings. The molecule has 9 heteroatoms. The molecule has 0 saturated carbocycles. The molecule has 178 valence electrons. The molecule has 1 aromatic carbocycles. The molecule has 3 rings (SSSR count). The Morgan fingerprint density at radius 2 is 2.03 bits per heavy atom. The average molecular weight is 576 g/mol. The molecule has 1 aliphatic heterocycles. The minimum Gasteiger partial charge on any atom is -0.492 e. The Morgan fingerprint density at radius 1 is 1.31 bits per heavy atom. The zero-order valence-electron chi connectivity index (χ0n) is 19.2. The Hall–Kier alpha value is -1.46. The Balaban J connectivity index is 0.00000363. The Labute approximate surface area is 212 Å². The first-order valence-corrected chi connectivity index (χ1v) is 11.9. The Morgan fingerprint density at radius 3 is 2.66 bits per heavy atom. The van der Waals surface area contributed by atoms with E-state index in [0.717, 1.165) is 38.6 Å². The van der Waals surface area contributed by atoms with Gasteiger partial charge in [-0.05, 0) is 62.5 Å². The first kappa shape index (κ1) is 26.8. The van der Waals surface area contributed by atoms with E-state index in [9.17, 15) is 4.39 Å². The fourth-order valence-electron chi connectivity index (χ4n) is 3.72. The first-order valence-electron chi connectivity index (χ1n) is 11.0. The number of aliphatic imine (C=N–C) groups is 1. The largest absolute Gasteiger partial charge is 0.492 e. The van der Waals surface area contributed by atoms with Crippen LogP contribution in [0.3, 0.4) is 0 Å². The predicted molar refractivity (Wildman–Crippen MR) is 141 cm³/mol. The molecule has 1 N–H and O–H groups in total. The lowest BCUT2D eigenvalue weighted by molar-refractivity contribution is 0.176. The van der Waals surface area contributed by atoms with Crippen LogP contribution in [0.5, 0.6) is 5.75 Å². The predicted octanol–water partition coefficient (Wildman–Crippen LogP) is 4.26. The second-order valence-electron chi connectivity index (χ2n) is 7.96. The highest BCUT2D eigenvalue weighted by molar-refractivity contribution is 14.0. The summed E-state index contributed by atoms with van der Waals surface area (Å²) in [6.07, 6.45) is 3.39. The highest BCUT2D eigenvalue weighted by atomic mass is 127. The van der Waals surface area contributed by atoms with Gasteiger partial charge in [0.2, 0.25) is 0 Å². The average Bonchev–Trinajstić information content (AvgIpc) is 3.24. The lowest BCUT2D eigenvalue weighted by atomic mass is 9.97. The number of rotatable bonds is 9. The van der Waals surface area contributed by atoms with Crippen molar-refractivity contribution in [3.05, 3.63) is 46.2 Å². The van der Waals surface area contributed by atoms with Gasteiger partial charge in [-0.15, -0.1) is 35.3 Å². The van der Waals surface area contributed by atoms with Gasteiger partial charge in [0.25, 0.3) is 0 Å². The molecule has 2 aromatic rings. The number of ether oxygens (including phenoxy) is 1. The van der Waals surface area contributed by atoms with Gasteiger partial charge in [-0.1, -0.05) is 6.92 Å². The molecule has 0 radical (unpaired) electrons. The summed E-state index contributed by atoms with van der Waals surface area (Å²) in [4.78, 5) is 13.7. The minimum absolute atomic E-state index is 0. The number of piperidine rings is 1. The van der Waals surface area contributed by atoms with E-state index in [0.29, 0.717) is 24.8 Å². The third-order valence-electron chi connectivity index (χ3n) is 5.63. The summed E-state index contributed by atoms with van der Waals surface area (Å²) in [6.45, 7) is 7.50. The van der Waals surface area contributed by atoms with Crippen LogP contribution in [0.25, 0.3) is 0 Å². The zero-order valence-corrected chi connectivity index (χ0v) is 22.4. The maximum atomic E-state index is 13.0. The fraction of sp³-hybridized carbons (Fsp3) is 0.565. The maximum Gasteiger partial charge on any atom is 0.193 e. The van der Waals surface area contributed by atoms with E-state index < -0.39 is 0 Å². The van der Waals surface area contributed by atoms with Crippen molar-refractivity contribution >= 4 is 41.3 Å². The molecule has 0 aliphatic carbocycles. The van der Waals surface area contributed by atoms with Crippen LogP contribution in [-0.2, 0) is 13.0 Å². The SMILES string of the molecule is CCc1nc(CN2CCC(CNC(=NC)N(C)CCOc3ccc(F)cc3)CC2)cs1.I. The van der Waals surface area contributed by atoms with Crippen LogP contribution < -0.4 is 10.1 Å². The van der Waals surface area contributed by atoms with Crippen LogP contribution in [-0.4, -0.2) is 67.6 Å². The number of hydrogen-bond donors (Lipinski definition) is 1. The minimum atomic E-state index is -0.256. The number of thiazole rings is 1.